The molecule has 0 aliphatic carbocycles. The van der Waals surface area contributed by atoms with Gasteiger partial charge in [0, 0.05) is 12.6 Å². The van der Waals surface area contributed by atoms with Crippen molar-refractivity contribution in [2.24, 2.45) is 5.92 Å². The van der Waals surface area contributed by atoms with E-state index in [2.05, 4.69) is 34.7 Å². The Morgan fingerprint density at radius 1 is 1.39 bits per heavy atom. The minimum atomic E-state index is 0.357. The van der Waals surface area contributed by atoms with E-state index >= 15 is 0 Å². The minimum Gasteiger partial charge on any atom is -0.407 e. The normalized spacial score (nSPS) is 24.1. The fourth-order valence-electron chi connectivity index (χ4n) is 2.01. The van der Waals surface area contributed by atoms with E-state index in [9.17, 15) is 0 Å². The van der Waals surface area contributed by atoms with Gasteiger partial charge in [-0.05, 0) is 25.3 Å². The smallest absolute Gasteiger partial charge is 0.315 e. The van der Waals surface area contributed by atoms with Gasteiger partial charge in [-0.1, -0.05) is 18.9 Å². The Balaban J connectivity index is 1.82. The number of hydrogen-bond acceptors (Lipinski definition) is 6. The first-order valence-electron chi connectivity index (χ1n) is 6.67. The van der Waals surface area contributed by atoms with E-state index in [1.165, 1.54) is 0 Å². The topological polar surface area (TPSA) is 72.2 Å². The number of aromatic nitrogens is 2. The van der Waals surface area contributed by atoms with Crippen molar-refractivity contribution in [1.29, 1.82) is 0 Å². The van der Waals surface area contributed by atoms with Crippen molar-refractivity contribution in [1.82, 2.24) is 15.5 Å². The van der Waals surface area contributed by atoms with E-state index < -0.39 is 0 Å². The molecule has 102 valence electrons. The van der Waals surface area contributed by atoms with Crippen molar-refractivity contribution in [3.05, 3.63) is 5.89 Å². The van der Waals surface area contributed by atoms with Gasteiger partial charge >= 0.3 is 6.01 Å². The highest BCUT2D eigenvalue weighted by atomic mass is 16.5. The van der Waals surface area contributed by atoms with Gasteiger partial charge in [-0.2, -0.15) is 0 Å². The molecule has 2 heterocycles. The molecule has 0 spiro atoms. The summed E-state index contributed by atoms with van der Waals surface area (Å²) >= 11 is 0. The highest BCUT2D eigenvalue weighted by Gasteiger charge is 2.23. The number of nitrogens with zero attached hydrogens (tertiary/aromatic N) is 2. The average Bonchev–Trinajstić information content (AvgIpc) is 2.80. The third-order valence-electron chi connectivity index (χ3n) is 3.12. The van der Waals surface area contributed by atoms with Crippen molar-refractivity contribution in [3.8, 4) is 0 Å². The molecule has 6 nitrogen and oxygen atoms in total. The maximum absolute atomic E-state index is 5.54. The van der Waals surface area contributed by atoms with E-state index in [0.29, 0.717) is 30.4 Å². The van der Waals surface area contributed by atoms with Gasteiger partial charge in [-0.3, -0.25) is 0 Å². The van der Waals surface area contributed by atoms with Crippen LogP contribution < -0.4 is 10.6 Å². The predicted octanol–water partition coefficient (Wildman–Crippen LogP) is 1.41. The Kier molecular flexibility index (Phi) is 4.95. The number of anilines is 1. The van der Waals surface area contributed by atoms with Crippen LogP contribution in [0.15, 0.2) is 4.42 Å². The Bertz CT molecular complexity index is 356. The Morgan fingerprint density at radius 2 is 2.28 bits per heavy atom. The lowest BCUT2D eigenvalue weighted by Gasteiger charge is -2.28. The zero-order valence-electron chi connectivity index (χ0n) is 11.1. The maximum atomic E-state index is 5.54. The number of nitrogens with one attached hydrogen (secondary N) is 2. The number of ether oxygens (including phenoxy) is 1. The van der Waals surface area contributed by atoms with E-state index in [4.69, 9.17) is 9.15 Å². The first-order valence-corrected chi connectivity index (χ1v) is 6.67. The van der Waals surface area contributed by atoms with E-state index in [0.717, 1.165) is 32.6 Å². The van der Waals surface area contributed by atoms with Gasteiger partial charge in [0.25, 0.3) is 0 Å². The highest BCUT2D eigenvalue weighted by Crippen LogP contribution is 2.18. The standard InChI is InChI=1S/C12H22N4O2/c1-3-5-13-7-11-15-16-12(18-11)14-10-4-6-17-8-9(10)2/h9-10,13H,3-8H2,1-2H3,(H,14,16). The molecule has 1 aromatic rings. The zero-order chi connectivity index (χ0) is 12.8. The monoisotopic (exact) mass is 254 g/mol. The largest absolute Gasteiger partial charge is 0.407 e. The van der Waals surface area contributed by atoms with E-state index in [1.807, 2.05) is 0 Å². The predicted molar refractivity (Wildman–Crippen MR) is 68.3 cm³/mol. The molecule has 0 saturated carbocycles. The highest BCUT2D eigenvalue weighted by molar-refractivity contribution is 5.20. The molecule has 1 aromatic heterocycles. The van der Waals surface area contributed by atoms with Crippen LogP contribution in [0.3, 0.4) is 0 Å². The fraction of sp³-hybridized carbons (Fsp3) is 0.833. The summed E-state index contributed by atoms with van der Waals surface area (Å²) < 4.78 is 10.9. The van der Waals surface area contributed by atoms with Gasteiger partial charge in [0.2, 0.25) is 5.89 Å². The van der Waals surface area contributed by atoms with Crippen molar-refractivity contribution >= 4 is 6.01 Å². The average molecular weight is 254 g/mol. The molecule has 1 saturated heterocycles. The van der Waals surface area contributed by atoms with Crippen LogP contribution in [0.2, 0.25) is 0 Å². The van der Waals surface area contributed by atoms with Gasteiger partial charge in [0.1, 0.15) is 0 Å². The van der Waals surface area contributed by atoms with Gasteiger partial charge in [-0.25, -0.2) is 0 Å². The van der Waals surface area contributed by atoms with E-state index in [1.54, 1.807) is 0 Å². The molecule has 1 fully saturated rings. The number of rotatable bonds is 6. The summed E-state index contributed by atoms with van der Waals surface area (Å²) in [5, 5.41) is 14.5. The second kappa shape index (κ2) is 6.70. The molecule has 2 rings (SSSR count). The molecular formula is C12H22N4O2. The van der Waals surface area contributed by atoms with Crippen LogP contribution in [0.5, 0.6) is 0 Å². The van der Waals surface area contributed by atoms with Crippen molar-refractivity contribution in [2.75, 3.05) is 25.1 Å². The molecule has 0 aromatic carbocycles. The van der Waals surface area contributed by atoms with Gasteiger partial charge in [0.15, 0.2) is 0 Å². The van der Waals surface area contributed by atoms with Crippen molar-refractivity contribution in [2.45, 2.75) is 39.3 Å². The van der Waals surface area contributed by atoms with Crippen LogP contribution in [0.25, 0.3) is 0 Å². The van der Waals surface area contributed by atoms with Crippen LogP contribution in [0.1, 0.15) is 32.6 Å². The lowest BCUT2D eigenvalue weighted by Crippen LogP contribution is -2.36. The summed E-state index contributed by atoms with van der Waals surface area (Å²) in [5.41, 5.74) is 0. The third-order valence-corrected chi connectivity index (χ3v) is 3.12. The Morgan fingerprint density at radius 3 is 3.06 bits per heavy atom. The Hall–Kier alpha value is -1.14. The molecule has 2 unspecified atom stereocenters. The van der Waals surface area contributed by atoms with Crippen LogP contribution in [-0.4, -0.2) is 36.0 Å². The minimum absolute atomic E-state index is 0.357. The molecule has 6 heteroatoms. The molecule has 0 amide bonds. The summed E-state index contributed by atoms with van der Waals surface area (Å²) in [6.45, 7) is 7.46. The summed E-state index contributed by atoms with van der Waals surface area (Å²) in [4.78, 5) is 0. The summed E-state index contributed by atoms with van der Waals surface area (Å²) in [6.07, 6.45) is 2.08. The maximum Gasteiger partial charge on any atom is 0.315 e. The molecule has 2 atom stereocenters. The molecule has 2 N–H and O–H groups in total. The summed E-state index contributed by atoms with van der Waals surface area (Å²) in [5.74, 6) is 1.10. The second-order valence-electron chi connectivity index (χ2n) is 4.77. The SMILES string of the molecule is CCCNCc1nnc(NC2CCOCC2C)o1. The molecular weight excluding hydrogens is 232 g/mol. The number of hydrogen-bond donors (Lipinski definition) is 2. The first kappa shape index (κ1) is 13.3. The van der Waals surface area contributed by atoms with Crippen molar-refractivity contribution in [3.63, 3.8) is 0 Å². The quantitative estimate of drug-likeness (QED) is 0.748. The lowest BCUT2D eigenvalue weighted by atomic mass is 9.98. The molecule has 1 aliphatic rings. The third kappa shape index (κ3) is 3.68. The molecule has 1 aliphatic heterocycles. The fourth-order valence-corrected chi connectivity index (χ4v) is 2.01. The molecule has 18 heavy (non-hydrogen) atoms. The van der Waals surface area contributed by atoms with Gasteiger partial charge in [-0.15, -0.1) is 5.10 Å². The van der Waals surface area contributed by atoms with Crippen LogP contribution in [-0.2, 0) is 11.3 Å². The molecule has 0 radical (unpaired) electrons. The lowest BCUT2D eigenvalue weighted by molar-refractivity contribution is 0.0532. The Labute approximate surface area is 107 Å². The molecule has 0 bridgehead atoms. The van der Waals surface area contributed by atoms with Gasteiger partial charge < -0.3 is 19.8 Å². The van der Waals surface area contributed by atoms with Gasteiger partial charge in [0.05, 0.1) is 13.2 Å². The summed E-state index contributed by atoms with van der Waals surface area (Å²) in [7, 11) is 0. The van der Waals surface area contributed by atoms with Crippen LogP contribution in [0, 0.1) is 5.92 Å². The second-order valence-corrected chi connectivity index (χ2v) is 4.77. The first-order chi connectivity index (χ1) is 8.79. The van der Waals surface area contributed by atoms with Crippen LogP contribution in [0.4, 0.5) is 6.01 Å². The van der Waals surface area contributed by atoms with Crippen molar-refractivity contribution < 1.29 is 9.15 Å². The van der Waals surface area contributed by atoms with Crippen LogP contribution >= 0.6 is 0 Å². The zero-order valence-corrected chi connectivity index (χ0v) is 11.1. The van der Waals surface area contributed by atoms with E-state index in [-0.39, 0.29) is 0 Å². The summed E-state index contributed by atoms with van der Waals surface area (Å²) in [6, 6.07) is 0.873.